The van der Waals surface area contributed by atoms with Crippen molar-refractivity contribution < 1.29 is 4.74 Å². The highest BCUT2D eigenvalue weighted by Crippen LogP contribution is 2.26. The van der Waals surface area contributed by atoms with Gasteiger partial charge < -0.3 is 4.74 Å². The molecule has 78 valence electrons. The molecule has 0 saturated carbocycles. The molecule has 4 heteroatoms. The average molecular weight is 351 g/mol. The molecule has 1 nitrogen and oxygen atoms in total. The van der Waals surface area contributed by atoms with Crippen LogP contribution < -0.4 is 4.74 Å². The maximum absolute atomic E-state index is 5.90. The maximum atomic E-state index is 5.90. The zero-order valence-electron chi connectivity index (χ0n) is 7.74. The molecule has 0 saturated heterocycles. The van der Waals surface area contributed by atoms with Gasteiger partial charge in [-0.05, 0) is 52.2 Å². The molecular formula is C11H8ClIOS. The molecule has 0 spiro atoms. The van der Waals surface area contributed by atoms with Crippen LogP contribution in [-0.2, 0) is 6.61 Å². The van der Waals surface area contributed by atoms with E-state index in [4.69, 9.17) is 16.3 Å². The fraction of sp³-hybridized carbons (Fsp3) is 0.0909. The minimum Gasteiger partial charge on any atom is -0.487 e. The molecule has 0 aliphatic carbocycles. The van der Waals surface area contributed by atoms with E-state index in [1.807, 2.05) is 29.6 Å². The maximum Gasteiger partial charge on any atom is 0.134 e. The minimum atomic E-state index is 0.605. The summed E-state index contributed by atoms with van der Waals surface area (Å²) >= 11 is 9.83. The van der Waals surface area contributed by atoms with Crippen molar-refractivity contribution in [2.45, 2.75) is 6.61 Å². The van der Waals surface area contributed by atoms with Crippen LogP contribution in [0.4, 0.5) is 0 Å². The third kappa shape index (κ3) is 3.09. The molecule has 0 atom stereocenters. The van der Waals surface area contributed by atoms with Crippen LogP contribution in [-0.4, -0.2) is 0 Å². The van der Waals surface area contributed by atoms with Crippen molar-refractivity contribution >= 4 is 45.5 Å². The smallest absolute Gasteiger partial charge is 0.134 e. The predicted octanol–water partition coefficient (Wildman–Crippen LogP) is 4.59. The first-order valence-electron chi connectivity index (χ1n) is 4.36. The van der Waals surface area contributed by atoms with Crippen LogP contribution >= 0.6 is 45.5 Å². The lowest BCUT2D eigenvalue weighted by molar-refractivity contribution is 0.307. The van der Waals surface area contributed by atoms with Crippen molar-refractivity contribution in [3.8, 4) is 5.75 Å². The highest BCUT2D eigenvalue weighted by Gasteiger charge is 2.02. The van der Waals surface area contributed by atoms with Crippen molar-refractivity contribution in [1.82, 2.24) is 0 Å². The molecular weight excluding hydrogens is 343 g/mol. The van der Waals surface area contributed by atoms with Gasteiger partial charge in [0.25, 0.3) is 0 Å². The van der Waals surface area contributed by atoms with E-state index in [1.165, 1.54) is 4.88 Å². The van der Waals surface area contributed by atoms with Crippen molar-refractivity contribution in [2.75, 3.05) is 0 Å². The molecule has 1 aromatic heterocycles. The molecule has 2 aromatic rings. The minimum absolute atomic E-state index is 0.605. The Labute approximate surface area is 111 Å². The average Bonchev–Trinajstić information content (AvgIpc) is 2.72. The Morgan fingerprint density at radius 1 is 1.33 bits per heavy atom. The zero-order chi connectivity index (χ0) is 10.7. The molecule has 0 bridgehead atoms. The number of halogens is 2. The van der Waals surface area contributed by atoms with Gasteiger partial charge in [0.2, 0.25) is 0 Å². The molecule has 1 heterocycles. The number of ether oxygens (including phenoxy) is 1. The summed E-state index contributed by atoms with van der Waals surface area (Å²) in [7, 11) is 0. The van der Waals surface area contributed by atoms with Crippen LogP contribution in [0.5, 0.6) is 5.75 Å². The summed E-state index contributed by atoms with van der Waals surface area (Å²) in [6.45, 7) is 0.605. The normalized spacial score (nSPS) is 10.3. The summed E-state index contributed by atoms with van der Waals surface area (Å²) in [5.41, 5.74) is 0. The van der Waals surface area contributed by atoms with Crippen molar-refractivity contribution in [3.63, 3.8) is 0 Å². The Balaban J connectivity index is 2.07. The van der Waals surface area contributed by atoms with Gasteiger partial charge in [0.1, 0.15) is 12.4 Å². The van der Waals surface area contributed by atoms with Gasteiger partial charge >= 0.3 is 0 Å². The standard InChI is InChI=1S/C11H8ClIOS/c12-8-3-4-10(13)11(6-8)14-7-9-2-1-5-15-9/h1-6H,7H2. The fourth-order valence-corrected chi connectivity index (χ4v) is 2.40. The topological polar surface area (TPSA) is 9.23 Å². The summed E-state index contributed by atoms with van der Waals surface area (Å²) in [5, 5.41) is 2.75. The first kappa shape index (κ1) is 11.2. The second-order valence-electron chi connectivity index (χ2n) is 2.94. The first-order valence-corrected chi connectivity index (χ1v) is 6.69. The van der Waals surface area contributed by atoms with E-state index in [-0.39, 0.29) is 0 Å². The number of hydrogen-bond donors (Lipinski definition) is 0. The van der Waals surface area contributed by atoms with Gasteiger partial charge in [0, 0.05) is 9.90 Å². The Hall–Kier alpha value is -0.260. The van der Waals surface area contributed by atoms with Crippen LogP contribution in [0.25, 0.3) is 0 Å². The Kier molecular flexibility index (Phi) is 3.88. The Bertz CT molecular complexity index is 442. The lowest BCUT2D eigenvalue weighted by Gasteiger charge is -2.07. The molecule has 0 fully saturated rings. The van der Waals surface area contributed by atoms with Crippen LogP contribution in [0.3, 0.4) is 0 Å². The van der Waals surface area contributed by atoms with Gasteiger partial charge in [-0.15, -0.1) is 11.3 Å². The first-order chi connectivity index (χ1) is 7.25. The molecule has 0 N–H and O–H groups in total. The van der Waals surface area contributed by atoms with Crippen LogP contribution in [0.15, 0.2) is 35.7 Å². The molecule has 1 aromatic carbocycles. The van der Waals surface area contributed by atoms with Crippen molar-refractivity contribution in [1.29, 1.82) is 0 Å². The quantitative estimate of drug-likeness (QED) is 0.736. The summed E-state index contributed by atoms with van der Waals surface area (Å²) in [6.07, 6.45) is 0. The summed E-state index contributed by atoms with van der Waals surface area (Å²) in [4.78, 5) is 1.21. The van der Waals surface area contributed by atoms with Gasteiger partial charge in [-0.1, -0.05) is 17.7 Å². The Morgan fingerprint density at radius 3 is 2.93 bits per heavy atom. The van der Waals surface area contributed by atoms with E-state index in [0.29, 0.717) is 11.6 Å². The molecule has 0 aliphatic heterocycles. The second kappa shape index (κ2) is 5.18. The lowest BCUT2D eigenvalue weighted by atomic mass is 10.3. The van der Waals surface area contributed by atoms with Crippen LogP contribution in [0, 0.1) is 3.57 Å². The highest BCUT2D eigenvalue weighted by atomic mass is 127. The summed E-state index contributed by atoms with van der Waals surface area (Å²) in [5.74, 6) is 0.844. The molecule has 0 aliphatic rings. The zero-order valence-corrected chi connectivity index (χ0v) is 11.5. The lowest BCUT2D eigenvalue weighted by Crippen LogP contribution is -1.94. The van der Waals surface area contributed by atoms with Crippen molar-refractivity contribution in [3.05, 3.63) is 49.2 Å². The van der Waals surface area contributed by atoms with Crippen LogP contribution in [0.2, 0.25) is 5.02 Å². The van der Waals surface area contributed by atoms with Gasteiger partial charge in [-0.3, -0.25) is 0 Å². The predicted molar refractivity (Wildman–Crippen MR) is 72.8 cm³/mol. The number of rotatable bonds is 3. The van der Waals surface area contributed by atoms with E-state index < -0.39 is 0 Å². The van der Waals surface area contributed by atoms with E-state index in [9.17, 15) is 0 Å². The monoisotopic (exact) mass is 350 g/mol. The molecule has 0 unspecified atom stereocenters. The largest absolute Gasteiger partial charge is 0.487 e. The van der Waals surface area contributed by atoms with E-state index in [0.717, 1.165) is 9.32 Å². The van der Waals surface area contributed by atoms with E-state index in [1.54, 1.807) is 11.3 Å². The molecule has 15 heavy (non-hydrogen) atoms. The van der Waals surface area contributed by atoms with Gasteiger partial charge in [0.05, 0.1) is 3.57 Å². The van der Waals surface area contributed by atoms with Gasteiger partial charge in [-0.2, -0.15) is 0 Å². The third-order valence-corrected chi connectivity index (χ3v) is 3.82. The van der Waals surface area contributed by atoms with Crippen molar-refractivity contribution in [2.24, 2.45) is 0 Å². The number of hydrogen-bond acceptors (Lipinski definition) is 2. The molecule has 2 rings (SSSR count). The SMILES string of the molecule is Clc1ccc(I)c(OCc2cccs2)c1. The molecule has 0 amide bonds. The number of thiophene rings is 1. The summed E-state index contributed by atoms with van der Waals surface area (Å²) < 4.78 is 6.76. The van der Waals surface area contributed by atoms with Gasteiger partial charge in [-0.25, -0.2) is 0 Å². The number of benzene rings is 1. The fourth-order valence-electron chi connectivity index (χ4n) is 1.13. The molecule has 0 radical (unpaired) electrons. The third-order valence-electron chi connectivity index (χ3n) is 1.84. The second-order valence-corrected chi connectivity index (χ2v) is 5.57. The van der Waals surface area contributed by atoms with Crippen LogP contribution in [0.1, 0.15) is 4.88 Å². The van der Waals surface area contributed by atoms with E-state index >= 15 is 0 Å². The summed E-state index contributed by atoms with van der Waals surface area (Å²) in [6, 6.07) is 9.74. The van der Waals surface area contributed by atoms with E-state index in [2.05, 4.69) is 28.7 Å². The Morgan fingerprint density at radius 2 is 2.20 bits per heavy atom. The van der Waals surface area contributed by atoms with Gasteiger partial charge in [0.15, 0.2) is 0 Å². The highest BCUT2D eigenvalue weighted by molar-refractivity contribution is 14.1.